The Balaban J connectivity index is 2.10. The van der Waals surface area contributed by atoms with Crippen molar-refractivity contribution in [1.29, 1.82) is 0 Å². The molecule has 0 amide bonds. The highest BCUT2D eigenvalue weighted by Crippen LogP contribution is 2.38. The number of aryl methyl sites for hydroxylation is 3. The second kappa shape index (κ2) is 4.73. The SMILES string of the molecule is COC(=O)c1ccc(C)c2[nH]c3c(c12)CCCc1cn[nH]c1-3. The van der Waals surface area contributed by atoms with Crippen molar-refractivity contribution in [3.8, 4) is 11.4 Å². The highest BCUT2D eigenvalue weighted by atomic mass is 16.5. The van der Waals surface area contributed by atoms with E-state index in [0.29, 0.717) is 5.56 Å². The molecule has 0 saturated carbocycles. The quantitative estimate of drug-likeness (QED) is 0.677. The third-order valence-electron chi connectivity index (χ3n) is 4.51. The van der Waals surface area contributed by atoms with Gasteiger partial charge in [0.1, 0.15) is 0 Å². The van der Waals surface area contributed by atoms with Crippen LogP contribution in [-0.2, 0) is 17.6 Å². The number of rotatable bonds is 1. The maximum atomic E-state index is 12.1. The summed E-state index contributed by atoms with van der Waals surface area (Å²) in [6, 6.07) is 3.81. The lowest BCUT2D eigenvalue weighted by atomic mass is 9.99. The van der Waals surface area contributed by atoms with Crippen LogP contribution in [0.4, 0.5) is 0 Å². The van der Waals surface area contributed by atoms with Crippen molar-refractivity contribution < 1.29 is 9.53 Å². The van der Waals surface area contributed by atoms with E-state index in [1.807, 2.05) is 25.3 Å². The molecule has 0 bridgehead atoms. The molecule has 5 nitrogen and oxygen atoms in total. The van der Waals surface area contributed by atoms with E-state index in [2.05, 4.69) is 15.2 Å². The van der Waals surface area contributed by atoms with E-state index in [1.54, 1.807) is 0 Å². The number of ether oxygens (including phenoxy) is 1. The smallest absolute Gasteiger partial charge is 0.338 e. The Bertz CT molecular complexity index is 889. The van der Waals surface area contributed by atoms with Gasteiger partial charge in [-0.15, -0.1) is 0 Å². The number of benzene rings is 1. The number of carbonyl (C=O) groups excluding carboxylic acids is 1. The monoisotopic (exact) mass is 295 g/mol. The van der Waals surface area contributed by atoms with Crippen molar-refractivity contribution in [1.82, 2.24) is 15.2 Å². The molecule has 112 valence electrons. The number of hydrogen-bond donors (Lipinski definition) is 2. The molecular formula is C17H17N3O2. The molecule has 0 radical (unpaired) electrons. The van der Waals surface area contributed by atoms with Crippen LogP contribution < -0.4 is 0 Å². The minimum absolute atomic E-state index is 0.291. The number of hydrogen-bond acceptors (Lipinski definition) is 3. The lowest BCUT2D eigenvalue weighted by Gasteiger charge is -2.06. The van der Waals surface area contributed by atoms with E-state index < -0.39 is 0 Å². The molecule has 0 fully saturated rings. The number of nitrogens with zero attached hydrogens (tertiary/aromatic N) is 1. The first kappa shape index (κ1) is 13.1. The number of aromatic nitrogens is 3. The molecule has 22 heavy (non-hydrogen) atoms. The predicted octanol–water partition coefficient (Wildman–Crippen LogP) is 3.14. The van der Waals surface area contributed by atoms with E-state index in [9.17, 15) is 4.79 Å². The fraction of sp³-hybridized carbons (Fsp3) is 0.294. The van der Waals surface area contributed by atoms with Gasteiger partial charge in [0.15, 0.2) is 0 Å². The molecule has 0 saturated heterocycles. The summed E-state index contributed by atoms with van der Waals surface area (Å²) in [5.41, 5.74) is 7.26. The Kier molecular flexibility index (Phi) is 2.82. The Morgan fingerprint density at radius 1 is 1.27 bits per heavy atom. The van der Waals surface area contributed by atoms with Crippen LogP contribution in [0.2, 0.25) is 0 Å². The summed E-state index contributed by atoms with van der Waals surface area (Å²) in [7, 11) is 1.42. The molecule has 5 heteroatoms. The van der Waals surface area contributed by atoms with E-state index in [-0.39, 0.29) is 5.97 Å². The summed E-state index contributed by atoms with van der Waals surface area (Å²) in [5, 5.41) is 8.26. The van der Waals surface area contributed by atoms with Crippen LogP contribution in [0.1, 0.15) is 33.5 Å². The van der Waals surface area contributed by atoms with Crippen LogP contribution in [0.15, 0.2) is 18.3 Å². The third-order valence-corrected chi connectivity index (χ3v) is 4.51. The molecule has 3 aromatic rings. The zero-order valence-electron chi connectivity index (χ0n) is 12.6. The Morgan fingerprint density at radius 2 is 2.14 bits per heavy atom. The second-order valence-electron chi connectivity index (χ2n) is 5.77. The summed E-state index contributed by atoms with van der Waals surface area (Å²) in [6.07, 6.45) is 4.87. The first-order valence-corrected chi connectivity index (χ1v) is 7.45. The first-order chi connectivity index (χ1) is 10.7. The molecular weight excluding hydrogens is 278 g/mol. The normalized spacial score (nSPS) is 13.5. The topological polar surface area (TPSA) is 70.8 Å². The molecule has 1 aliphatic carbocycles. The van der Waals surface area contributed by atoms with Gasteiger partial charge in [0.2, 0.25) is 0 Å². The van der Waals surface area contributed by atoms with Crippen molar-refractivity contribution in [2.45, 2.75) is 26.2 Å². The summed E-state index contributed by atoms with van der Waals surface area (Å²) in [4.78, 5) is 15.7. The molecule has 2 N–H and O–H groups in total. The van der Waals surface area contributed by atoms with Gasteiger partial charge >= 0.3 is 5.97 Å². The fourth-order valence-corrected chi connectivity index (χ4v) is 3.42. The van der Waals surface area contributed by atoms with Gasteiger partial charge in [0.05, 0.1) is 35.8 Å². The maximum Gasteiger partial charge on any atom is 0.338 e. The van der Waals surface area contributed by atoms with Gasteiger partial charge in [-0.25, -0.2) is 4.79 Å². The van der Waals surface area contributed by atoms with Gasteiger partial charge in [-0.1, -0.05) is 6.07 Å². The largest absolute Gasteiger partial charge is 0.465 e. The Morgan fingerprint density at radius 3 is 2.95 bits per heavy atom. The van der Waals surface area contributed by atoms with Crippen molar-refractivity contribution >= 4 is 16.9 Å². The molecule has 2 aromatic heterocycles. The fourth-order valence-electron chi connectivity index (χ4n) is 3.42. The van der Waals surface area contributed by atoms with E-state index in [4.69, 9.17) is 4.74 Å². The summed E-state index contributed by atoms with van der Waals surface area (Å²) >= 11 is 0. The zero-order valence-corrected chi connectivity index (χ0v) is 12.6. The van der Waals surface area contributed by atoms with E-state index in [1.165, 1.54) is 18.2 Å². The van der Waals surface area contributed by atoms with Crippen molar-refractivity contribution in [2.75, 3.05) is 7.11 Å². The molecule has 0 unspecified atom stereocenters. The molecule has 2 heterocycles. The minimum Gasteiger partial charge on any atom is -0.465 e. The number of esters is 1. The van der Waals surface area contributed by atoms with Crippen LogP contribution in [0.25, 0.3) is 22.3 Å². The van der Waals surface area contributed by atoms with Crippen LogP contribution in [-0.4, -0.2) is 28.3 Å². The zero-order chi connectivity index (χ0) is 15.3. The van der Waals surface area contributed by atoms with Gasteiger partial charge < -0.3 is 9.72 Å². The van der Waals surface area contributed by atoms with Crippen molar-refractivity contribution in [3.63, 3.8) is 0 Å². The summed E-state index contributed by atoms with van der Waals surface area (Å²) in [5.74, 6) is -0.291. The lowest BCUT2D eigenvalue weighted by Crippen LogP contribution is -2.03. The molecule has 1 aromatic carbocycles. The molecule has 0 atom stereocenters. The number of fused-ring (bicyclic) bond motifs is 5. The molecule has 0 spiro atoms. The van der Waals surface area contributed by atoms with Gasteiger partial charge in [-0.3, -0.25) is 5.10 Å². The van der Waals surface area contributed by atoms with Crippen LogP contribution in [0.3, 0.4) is 0 Å². The van der Waals surface area contributed by atoms with E-state index >= 15 is 0 Å². The molecule has 4 rings (SSSR count). The van der Waals surface area contributed by atoms with Gasteiger partial charge in [0, 0.05) is 5.39 Å². The van der Waals surface area contributed by atoms with Crippen molar-refractivity contribution in [2.24, 2.45) is 0 Å². The molecule has 0 aliphatic heterocycles. The first-order valence-electron chi connectivity index (χ1n) is 7.45. The number of methoxy groups -OCH3 is 1. The van der Waals surface area contributed by atoms with Crippen molar-refractivity contribution in [3.05, 3.63) is 40.6 Å². The van der Waals surface area contributed by atoms with Crippen LogP contribution in [0, 0.1) is 6.92 Å². The molecule has 1 aliphatic rings. The second-order valence-corrected chi connectivity index (χ2v) is 5.77. The number of aromatic amines is 2. The number of carbonyl (C=O) groups is 1. The maximum absolute atomic E-state index is 12.1. The highest BCUT2D eigenvalue weighted by Gasteiger charge is 2.24. The Hall–Kier alpha value is -2.56. The van der Waals surface area contributed by atoms with Gasteiger partial charge in [0.25, 0.3) is 0 Å². The summed E-state index contributed by atoms with van der Waals surface area (Å²) in [6.45, 7) is 2.05. The van der Waals surface area contributed by atoms with E-state index in [0.717, 1.165) is 47.1 Å². The number of H-pyrrole nitrogens is 2. The van der Waals surface area contributed by atoms with Gasteiger partial charge in [-0.2, -0.15) is 5.10 Å². The van der Waals surface area contributed by atoms with Crippen LogP contribution in [0.5, 0.6) is 0 Å². The average Bonchev–Trinajstić information content (AvgIpc) is 3.09. The minimum atomic E-state index is -0.291. The lowest BCUT2D eigenvalue weighted by molar-refractivity contribution is 0.0603. The van der Waals surface area contributed by atoms with Crippen LogP contribution >= 0.6 is 0 Å². The summed E-state index contributed by atoms with van der Waals surface area (Å²) < 4.78 is 4.96. The predicted molar refractivity (Wildman–Crippen MR) is 84.0 cm³/mol. The highest BCUT2D eigenvalue weighted by molar-refractivity contribution is 6.08. The number of nitrogens with one attached hydrogen (secondary N) is 2. The Labute approximate surface area is 127 Å². The third kappa shape index (κ3) is 1.71. The standard InChI is InChI=1S/C17H17N3O2/c1-9-6-7-12(17(21)22-2)13-11-5-3-4-10-8-18-20-15(10)16(11)19-14(9)13/h6-8,19H,3-5H2,1-2H3,(H,18,20). The average molecular weight is 295 g/mol. The van der Waals surface area contributed by atoms with Gasteiger partial charge in [-0.05, 0) is 48.9 Å².